The summed E-state index contributed by atoms with van der Waals surface area (Å²) in [4.78, 5) is 13.0. The standard InChI is InChI=1S/C26H28N4S/c1-19-17-20(2)28-23(18-19)27-15-9-10-16-31-26-29-24(21-11-5-3-6-12-21)25(30-26)22-13-7-4-8-14-22/h3-8,11-14,17-18H,9-10,15-16H2,1-2H3,(H,27,28)(H,29,30). The van der Waals surface area contributed by atoms with Gasteiger partial charge in [0.25, 0.3) is 0 Å². The fourth-order valence-electron chi connectivity index (χ4n) is 3.58. The number of hydrogen-bond donors (Lipinski definition) is 2. The van der Waals surface area contributed by atoms with Crippen molar-refractivity contribution < 1.29 is 0 Å². The molecule has 4 aromatic rings. The molecule has 31 heavy (non-hydrogen) atoms. The summed E-state index contributed by atoms with van der Waals surface area (Å²) < 4.78 is 0. The number of nitrogens with zero attached hydrogens (tertiary/aromatic N) is 2. The van der Waals surface area contributed by atoms with Gasteiger partial charge in [-0.25, -0.2) is 9.97 Å². The van der Waals surface area contributed by atoms with Gasteiger partial charge in [0.15, 0.2) is 5.16 Å². The average Bonchev–Trinajstić information content (AvgIpc) is 3.21. The van der Waals surface area contributed by atoms with Gasteiger partial charge >= 0.3 is 0 Å². The van der Waals surface area contributed by atoms with Crippen LogP contribution in [0.1, 0.15) is 24.1 Å². The van der Waals surface area contributed by atoms with Crippen LogP contribution in [0.2, 0.25) is 0 Å². The quantitative estimate of drug-likeness (QED) is 0.229. The number of anilines is 1. The number of H-pyrrole nitrogens is 1. The number of aryl methyl sites for hydroxylation is 2. The SMILES string of the molecule is Cc1cc(C)nc(NCCCCSc2nc(-c3ccccc3)c(-c3ccccc3)[nH]2)c1. The summed E-state index contributed by atoms with van der Waals surface area (Å²) in [5.41, 5.74) is 6.68. The Hall–Kier alpha value is -3.05. The molecule has 2 N–H and O–H groups in total. The fraction of sp³-hybridized carbons (Fsp3) is 0.231. The summed E-state index contributed by atoms with van der Waals surface area (Å²) in [7, 11) is 0. The van der Waals surface area contributed by atoms with E-state index in [1.165, 1.54) is 5.56 Å². The number of rotatable bonds is 9. The van der Waals surface area contributed by atoms with Gasteiger partial charge in [-0.3, -0.25) is 0 Å². The third-order valence-electron chi connectivity index (χ3n) is 5.01. The van der Waals surface area contributed by atoms with Crippen LogP contribution in [0.15, 0.2) is 78.0 Å². The first kappa shape index (κ1) is 21.2. The van der Waals surface area contributed by atoms with E-state index in [1.807, 2.05) is 19.1 Å². The van der Waals surface area contributed by atoms with Crippen LogP contribution in [0, 0.1) is 13.8 Å². The maximum atomic E-state index is 4.92. The predicted molar refractivity (Wildman–Crippen MR) is 132 cm³/mol. The van der Waals surface area contributed by atoms with Crippen LogP contribution in [0.25, 0.3) is 22.5 Å². The highest BCUT2D eigenvalue weighted by Gasteiger charge is 2.14. The smallest absolute Gasteiger partial charge is 0.166 e. The van der Waals surface area contributed by atoms with Gasteiger partial charge in [0.05, 0.1) is 11.4 Å². The summed E-state index contributed by atoms with van der Waals surface area (Å²) in [6.45, 7) is 5.07. The van der Waals surface area contributed by atoms with E-state index in [4.69, 9.17) is 4.98 Å². The summed E-state index contributed by atoms with van der Waals surface area (Å²) in [6, 6.07) is 25.0. The van der Waals surface area contributed by atoms with Gasteiger partial charge < -0.3 is 10.3 Å². The lowest BCUT2D eigenvalue weighted by Gasteiger charge is -2.07. The molecule has 0 aliphatic rings. The Morgan fingerprint density at radius 2 is 1.55 bits per heavy atom. The van der Waals surface area contributed by atoms with Crippen molar-refractivity contribution in [2.75, 3.05) is 17.6 Å². The molecule has 0 amide bonds. The lowest BCUT2D eigenvalue weighted by atomic mass is 10.1. The van der Waals surface area contributed by atoms with E-state index < -0.39 is 0 Å². The molecule has 2 aromatic carbocycles. The largest absolute Gasteiger partial charge is 0.370 e. The van der Waals surface area contributed by atoms with E-state index in [1.54, 1.807) is 11.8 Å². The first-order valence-electron chi connectivity index (χ1n) is 10.7. The predicted octanol–water partition coefficient (Wildman–Crippen LogP) is 6.74. The average molecular weight is 429 g/mol. The molecule has 0 fully saturated rings. The number of nitrogens with one attached hydrogen (secondary N) is 2. The number of aromatic amines is 1. The molecule has 4 rings (SSSR count). The van der Waals surface area contributed by atoms with Crippen LogP contribution in [0.3, 0.4) is 0 Å². The molecular weight excluding hydrogens is 400 g/mol. The molecule has 0 aliphatic carbocycles. The molecule has 0 atom stereocenters. The minimum Gasteiger partial charge on any atom is -0.370 e. The van der Waals surface area contributed by atoms with Crippen LogP contribution >= 0.6 is 11.8 Å². The molecular formula is C26H28N4S. The Labute approximate surface area is 188 Å². The summed E-state index contributed by atoms with van der Waals surface area (Å²) in [5.74, 6) is 1.99. The van der Waals surface area contributed by atoms with Crippen LogP contribution < -0.4 is 5.32 Å². The second-order valence-corrected chi connectivity index (χ2v) is 8.73. The Bertz CT molecular complexity index is 1030. The maximum absolute atomic E-state index is 4.92. The van der Waals surface area contributed by atoms with Gasteiger partial charge in [0, 0.05) is 29.1 Å². The number of hydrogen-bond acceptors (Lipinski definition) is 4. The lowest BCUT2D eigenvalue weighted by molar-refractivity contribution is 0.836. The molecule has 0 saturated carbocycles. The van der Waals surface area contributed by atoms with Crippen molar-refractivity contribution in [2.24, 2.45) is 0 Å². The Kier molecular flexibility index (Phi) is 7.05. The number of unbranched alkanes of at least 4 members (excludes halogenated alkanes) is 1. The number of benzene rings is 2. The Morgan fingerprint density at radius 1 is 0.839 bits per heavy atom. The summed E-state index contributed by atoms with van der Waals surface area (Å²) in [5, 5.41) is 4.41. The van der Waals surface area contributed by atoms with Crippen LogP contribution in [-0.2, 0) is 0 Å². The van der Waals surface area contributed by atoms with E-state index >= 15 is 0 Å². The summed E-state index contributed by atoms with van der Waals surface area (Å²) >= 11 is 1.79. The van der Waals surface area contributed by atoms with E-state index in [0.29, 0.717) is 0 Å². The normalized spacial score (nSPS) is 10.9. The molecule has 2 aromatic heterocycles. The highest BCUT2D eigenvalue weighted by Crippen LogP contribution is 2.32. The van der Waals surface area contributed by atoms with Gasteiger partial charge in [-0.2, -0.15) is 0 Å². The number of pyridine rings is 1. The zero-order valence-electron chi connectivity index (χ0n) is 18.1. The zero-order valence-corrected chi connectivity index (χ0v) is 18.9. The molecule has 4 nitrogen and oxygen atoms in total. The lowest BCUT2D eigenvalue weighted by Crippen LogP contribution is -2.04. The fourth-order valence-corrected chi connectivity index (χ4v) is 4.45. The van der Waals surface area contributed by atoms with Crippen molar-refractivity contribution in [3.63, 3.8) is 0 Å². The van der Waals surface area contributed by atoms with Crippen LogP contribution in [-0.4, -0.2) is 27.2 Å². The molecule has 0 radical (unpaired) electrons. The summed E-state index contributed by atoms with van der Waals surface area (Å²) in [6.07, 6.45) is 2.21. The molecule has 0 saturated heterocycles. The van der Waals surface area contributed by atoms with E-state index in [-0.39, 0.29) is 0 Å². The van der Waals surface area contributed by atoms with Crippen LogP contribution in [0.4, 0.5) is 5.82 Å². The van der Waals surface area contributed by atoms with Crippen molar-refractivity contribution in [3.05, 3.63) is 84.1 Å². The number of aromatic nitrogens is 3. The second kappa shape index (κ2) is 10.3. The first-order valence-corrected chi connectivity index (χ1v) is 11.7. The molecule has 0 aliphatic heterocycles. The molecule has 0 bridgehead atoms. The van der Waals surface area contributed by atoms with Gasteiger partial charge in [-0.05, 0) is 44.4 Å². The topological polar surface area (TPSA) is 53.6 Å². The minimum absolute atomic E-state index is 0.930. The van der Waals surface area contributed by atoms with Crippen molar-refractivity contribution in [2.45, 2.75) is 31.8 Å². The third-order valence-corrected chi connectivity index (χ3v) is 5.97. The maximum Gasteiger partial charge on any atom is 0.166 e. The van der Waals surface area contributed by atoms with E-state index in [0.717, 1.165) is 64.3 Å². The molecule has 158 valence electrons. The van der Waals surface area contributed by atoms with Crippen molar-refractivity contribution in [3.8, 4) is 22.5 Å². The van der Waals surface area contributed by atoms with Crippen molar-refractivity contribution in [1.82, 2.24) is 15.0 Å². The van der Waals surface area contributed by atoms with Gasteiger partial charge in [0.1, 0.15) is 5.82 Å². The molecule has 0 unspecified atom stereocenters. The second-order valence-electron chi connectivity index (χ2n) is 7.65. The highest BCUT2D eigenvalue weighted by molar-refractivity contribution is 7.99. The first-order chi connectivity index (χ1) is 15.2. The molecule has 5 heteroatoms. The Morgan fingerprint density at radius 3 is 2.26 bits per heavy atom. The minimum atomic E-state index is 0.930. The highest BCUT2D eigenvalue weighted by atomic mass is 32.2. The Balaban J connectivity index is 1.35. The van der Waals surface area contributed by atoms with E-state index in [2.05, 4.69) is 82.9 Å². The van der Waals surface area contributed by atoms with E-state index in [9.17, 15) is 0 Å². The third kappa shape index (κ3) is 5.76. The van der Waals surface area contributed by atoms with Crippen molar-refractivity contribution in [1.29, 1.82) is 0 Å². The van der Waals surface area contributed by atoms with Crippen molar-refractivity contribution >= 4 is 17.6 Å². The van der Waals surface area contributed by atoms with Gasteiger partial charge in [-0.1, -0.05) is 72.4 Å². The molecule has 0 spiro atoms. The van der Waals surface area contributed by atoms with Gasteiger partial charge in [-0.15, -0.1) is 0 Å². The number of thioether (sulfide) groups is 1. The number of imidazole rings is 1. The van der Waals surface area contributed by atoms with Gasteiger partial charge in [0.2, 0.25) is 0 Å². The zero-order chi connectivity index (χ0) is 21.5. The molecule has 2 heterocycles. The monoisotopic (exact) mass is 428 g/mol. The van der Waals surface area contributed by atoms with Crippen LogP contribution in [0.5, 0.6) is 0 Å².